The molecule has 0 spiro atoms. The largest absolute Gasteiger partial charge is 0.478 e. The van der Waals surface area contributed by atoms with Crippen LogP contribution in [0.15, 0.2) is 12.1 Å². The second-order valence-electron chi connectivity index (χ2n) is 5.54. The van der Waals surface area contributed by atoms with Crippen LogP contribution >= 0.6 is 0 Å². The molecule has 114 valence electrons. The van der Waals surface area contributed by atoms with Crippen LogP contribution in [0, 0.1) is 5.92 Å². The molecule has 0 aliphatic carbocycles. The number of aromatic nitrogens is 1. The van der Waals surface area contributed by atoms with E-state index in [1.54, 1.807) is 12.1 Å². The zero-order valence-electron chi connectivity index (χ0n) is 12.4. The molecule has 2 atom stereocenters. The lowest BCUT2D eigenvalue weighted by molar-refractivity contribution is -0.122. The number of carboxylic acids is 1. The van der Waals surface area contributed by atoms with Gasteiger partial charge in [0.05, 0.1) is 11.5 Å². The minimum Gasteiger partial charge on any atom is -0.478 e. The fraction of sp³-hybridized carbons (Fsp3) is 0.533. The first kappa shape index (κ1) is 15.3. The summed E-state index contributed by atoms with van der Waals surface area (Å²) in [6.45, 7) is 4.48. The lowest BCUT2D eigenvalue weighted by Gasteiger charge is -2.38. The topological polar surface area (TPSA) is 96.5 Å². The third-order valence-electron chi connectivity index (χ3n) is 4.05. The average molecular weight is 291 g/mol. The van der Waals surface area contributed by atoms with Crippen molar-refractivity contribution in [1.82, 2.24) is 4.98 Å². The van der Waals surface area contributed by atoms with Gasteiger partial charge in [0.15, 0.2) is 0 Å². The maximum Gasteiger partial charge on any atom is 0.335 e. The van der Waals surface area contributed by atoms with Gasteiger partial charge in [-0.3, -0.25) is 4.79 Å². The molecular formula is C15H21N3O3. The maximum absolute atomic E-state index is 11.4. The number of carboxylic acid groups (broad SMARTS) is 1. The van der Waals surface area contributed by atoms with Gasteiger partial charge in [-0.05, 0) is 38.3 Å². The van der Waals surface area contributed by atoms with Gasteiger partial charge in [0.2, 0.25) is 5.91 Å². The van der Waals surface area contributed by atoms with Crippen LogP contribution in [-0.2, 0) is 11.2 Å². The molecule has 3 N–H and O–H groups in total. The van der Waals surface area contributed by atoms with Gasteiger partial charge in [-0.1, -0.05) is 6.92 Å². The monoisotopic (exact) mass is 291 g/mol. The second kappa shape index (κ2) is 6.11. The molecule has 0 saturated carbocycles. The summed E-state index contributed by atoms with van der Waals surface area (Å²) in [6, 6.07) is 3.37. The Hall–Kier alpha value is -2.11. The van der Waals surface area contributed by atoms with Crippen LogP contribution in [0.4, 0.5) is 5.82 Å². The van der Waals surface area contributed by atoms with Crippen LogP contribution in [-0.4, -0.2) is 34.6 Å². The average Bonchev–Trinajstić information content (AvgIpc) is 2.46. The molecule has 6 heteroatoms. The number of piperidine rings is 1. The van der Waals surface area contributed by atoms with Crippen molar-refractivity contribution in [3.05, 3.63) is 23.4 Å². The Morgan fingerprint density at radius 2 is 2.14 bits per heavy atom. The number of pyridine rings is 1. The number of rotatable bonds is 4. The van der Waals surface area contributed by atoms with E-state index in [4.69, 9.17) is 5.73 Å². The number of aromatic carboxylic acids is 1. The second-order valence-corrected chi connectivity index (χ2v) is 5.54. The number of amides is 1. The molecule has 1 aromatic heterocycles. The molecule has 2 rings (SSSR count). The number of carbonyl (C=O) groups is 2. The van der Waals surface area contributed by atoms with E-state index in [1.807, 2.05) is 11.8 Å². The van der Waals surface area contributed by atoms with Crippen molar-refractivity contribution in [3.8, 4) is 0 Å². The van der Waals surface area contributed by atoms with E-state index in [1.165, 1.54) is 0 Å². The summed E-state index contributed by atoms with van der Waals surface area (Å²) in [5.74, 6) is -0.867. The first-order valence-corrected chi connectivity index (χ1v) is 7.22. The zero-order chi connectivity index (χ0) is 15.6. The van der Waals surface area contributed by atoms with Crippen LogP contribution < -0.4 is 10.6 Å². The summed E-state index contributed by atoms with van der Waals surface area (Å²) >= 11 is 0. The molecule has 21 heavy (non-hydrogen) atoms. The molecule has 1 saturated heterocycles. The molecule has 2 heterocycles. The van der Waals surface area contributed by atoms with E-state index in [0.29, 0.717) is 18.8 Å². The molecule has 0 bridgehead atoms. The summed E-state index contributed by atoms with van der Waals surface area (Å²) in [5.41, 5.74) is 6.37. The molecular weight excluding hydrogens is 270 g/mol. The Kier molecular flexibility index (Phi) is 4.45. The summed E-state index contributed by atoms with van der Waals surface area (Å²) in [4.78, 5) is 29.2. The van der Waals surface area contributed by atoms with Crippen molar-refractivity contribution >= 4 is 17.7 Å². The maximum atomic E-state index is 11.4. The fourth-order valence-electron chi connectivity index (χ4n) is 2.68. The van der Waals surface area contributed by atoms with Crippen molar-refractivity contribution in [3.63, 3.8) is 0 Å². The van der Waals surface area contributed by atoms with Crippen LogP contribution in [0.25, 0.3) is 0 Å². The Morgan fingerprint density at radius 1 is 1.43 bits per heavy atom. The number of nitrogens with zero attached hydrogens (tertiary/aromatic N) is 2. The molecule has 1 aliphatic rings. The molecule has 1 amide bonds. The molecule has 1 aliphatic heterocycles. The molecule has 6 nitrogen and oxygen atoms in total. The van der Waals surface area contributed by atoms with E-state index in [2.05, 4.69) is 11.9 Å². The number of aryl methyl sites for hydroxylation is 1. The Morgan fingerprint density at radius 3 is 2.71 bits per heavy atom. The SMILES string of the molecule is CCc1cc(C(=O)O)cc(N2CC(C(N)=O)CCC2C)n1. The fourth-order valence-corrected chi connectivity index (χ4v) is 2.68. The van der Waals surface area contributed by atoms with Gasteiger partial charge in [0.25, 0.3) is 0 Å². The van der Waals surface area contributed by atoms with Crippen molar-refractivity contribution in [2.24, 2.45) is 11.7 Å². The van der Waals surface area contributed by atoms with Crippen LogP contribution in [0.5, 0.6) is 0 Å². The van der Waals surface area contributed by atoms with E-state index >= 15 is 0 Å². The summed E-state index contributed by atoms with van der Waals surface area (Å²) in [5, 5.41) is 9.21. The van der Waals surface area contributed by atoms with E-state index < -0.39 is 5.97 Å². The zero-order valence-corrected chi connectivity index (χ0v) is 12.4. The van der Waals surface area contributed by atoms with Crippen LogP contribution in [0.3, 0.4) is 0 Å². The lowest BCUT2D eigenvalue weighted by Crippen LogP contribution is -2.46. The van der Waals surface area contributed by atoms with Crippen LogP contribution in [0.2, 0.25) is 0 Å². The van der Waals surface area contributed by atoms with Gasteiger partial charge in [-0.2, -0.15) is 0 Å². The van der Waals surface area contributed by atoms with E-state index in [-0.39, 0.29) is 23.4 Å². The molecule has 2 unspecified atom stereocenters. The van der Waals surface area contributed by atoms with Crippen molar-refractivity contribution in [2.75, 3.05) is 11.4 Å². The molecule has 1 fully saturated rings. The van der Waals surface area contributed by atoms with E-state index in [9.17, 15) is 14.7 Å². The summed E-state index contributed by atoms with van der Waals surface area (Å²) < 4.78 is 0. The minimum atomic E-state index is -0.968. The number of anilines is 1. The Balaban J connectivity index is 2.36. The standard InChI is InChI=1S/C15H21N3O3/c1-3-12-6-11(15(20)21)7-13(17-12)18-8-10(14(16)19)5-4-9(18)2/h6-7,9-10H,3-5,8H2,1-2H3,(H2,16,19)(H,20,21). The van der Waals surface area contributed by atoms with Gasteiger partial charge in [0, 0.05) is 18.3 Å². The third-order valence-corrected chi connectivity index (χ3v) is 4.05. The number of hydrogen-bond acceptors (Lipinski definition) is 4. The third kappa shape index (κ3) is 3.32. The minimum absolute atomic E-state index is 0.207. The summed E-state index contributed by atoms with van der Waals surface area (Å²) in [6.07, 6.45) is 2.27. The quantitative estimate of drug-likeness (QED) is 0.874. The first-order chi connectivity index (χ1) is 9.92. The molecule has 1 aromatic rings. The van der Waals surface area contributed by atoms with Gasteiger partial charge in [0.1, 0.15) is 5.82 Å². The highest BCUT2D eigenvalue weighted by Crippen LogP contribution is 2.27. The predicted molar refractivity (Wildman–Crippen MR) is 79.3 cm³/mol. The van der Waals surface area contributed by atoms with Crippen LogP contribution in [0.1, 0.15) is 42.7 Å². The van der Waals surface area contributed by atoms with Gasteiger partial charge < -0.3 is 15.7 Å². The smallest absolute Gasteiger partial charge is 0.335 e. The molecule has 0 radical (unpaired) electrons. The number of primary amides is 1. The highest BCUT2D eigenvalue weighted by atomic mass is 16.4. The molecule has 0 aromatic carbocycles. The Bertz CT molecular complexity index is 559. The highest BCUT2D eigenvalue weighted by Gasteiger charge is 2.30. The number of hydrogen-bond donors (Lipinski definition) is 2. The van der Waals surface area contributed by atoms with Gasteiger partial charge in [-0.15, -0.1) is 0 Å². The lowest BCUT2D eigenvalue weighted by atomic mass is 9.93. The van der Waals surface area contributed by atoms with Gasteiger partial charge in [-0.25, -0.2) is 9.78 Å². The number of carbonyl (C=O) groups excluding carboxylic acids is 1. The normalized spacial score (nSPS) is 22.1. The van der Waals surface area contributed by atoms with Gasteiger partial charge >= 0.3 is 5.97 Å². The highest BCUT2D eigenvalue weighted by molar-refractivity contribution is 5.88. The van der Waals surface area contributed by atoms with Crippen molar-refractivity contribution in [1.29, 1.82) is 0 Å². The Labute approximate surface area is 124 Å². The van der Waals surface area contributed by atoms with Crippen molar-refractivity contribution < 1.29 is 14.7 Å². The summed E-state index contributed by atoms with van der Waals surface area (Å²) in [7, 11) is 0. The van der Waals surface area contributed by atoms with E-state index in [0.717, 1.165) is 18.5 Å². The van der Waals surface area contributed by atoms with Crippen molar-refractivity contribution in [2.45, 2.75) is 39.2 Å². The number of nitrogens with two attached hydrogens (primary N) is 1. The predicted octanol–water partition coefficient (Wildman–Crippen LogP) is 1.43. The first-order valence-electron chi connectivity index (χ1n) is 7.22.